The number of aliphatic hydroxyl groups excluding tert-OH is 1. The van der Waals surface area contributed by atoms with Crippen molar-refractivity contribution in [1.29, 1.82) is 0 Å². The second-order valence-electron chi connectivity index (χ2n) is 4.75. The van der Waals surface area contributed by atoms with Crippen molar-refractivity contribution in [3.63, 3.8) is 0 Å². The molecule has 0 fully saturated rings. The monoisotopic (exact) mass is 282 g/mol. The maximum atomic E-state index is 11.9. The predicted octanol–water partition coefficient (Wildman–Crippen LogP) is -0.184. The Balaban J connectivity index is 2.37. The van der Waals surface area contributed by atoms with E-state index in [1.54, 1.807) is 24.9 Å². The van der Waals surface area contributed by atoms with E-state index in [4.69, 9.17) is 0 Å². The Kier molecular flexibility index (Phi) is 6.17. The molecule has 2 amide bonds. The fraction of sp³-hybridized carbons (Fsp3) is 0.615. The molecule has 0 spiro atoms. The molecule has 1 rings (SSSR count). The molecule has 0 saturated heterocycles. The number of hydrogen-bond donors (Lipinski definition) is 3. The van der Waals surface area contributed by atoms with Crippen LogP contribution in [0.2, 0.25) is 0 Å². The van der Waals surface area contributed by atoms with Crippen molar-refractivity contribution in [2.24, 2.45) is 7.05 Å². The van der Waals surface area contributed by atoms with Crippen LogP contribution in [0.25, 0.3) is 0 Å². The lowest BCUT2D eigenvalue weighted by atomic mass is 10.1. The van der Waals surface area contributed by atoms with Gasteiger partial charge < -0.3 is 20.3 Å². The summed E-state index contributed by atoms with van der Waals surface area (Å²) in [6.45, 7) is 4.11. The Bertz CT molecular complexity index is 458. The number of likely N-dealkylation sites (N-methyl/N-ethyl adjacent to an activating group) is 1. The van der Waals surface area contributed by atoms with Crippen molar-refractivity contribution in [2.45, 2.75) is 38.8 Å². The van der Waals surface area contributed by atoms with Crippen molar-refractivity contribution < 1.29 is 14.7 Å². The van der Waals surface area contributed by atoms with E-state index in [0.29, 0.717) is 25.1 Å². The van der Waals surface area contributed by atoms with Crippen molar-refractivity contribution in [3.8, 4) is 0 Å². The zero-order valence-corrected chi connectivity index (χ0v) is 12.1. The highest BCUT2D eigenvalue weighted by Crippen LogP contribution is 2.04. The molecule has 0 aliphatic rings. The number of carbonyl (C=O) groups excluding carboxylic acids is 2. The van der Waals surface area contributed by atoms with Crippen molar-refractivity contribution in [3.05, 3.63) is 18.2 Å². The predicted molar refractivity (Wildman–Crippen MR) is 74.1 cm³/mol. The Labute approximate surface area is 118 Å². The summed E-state index contributed by atoms with van der Waals surface area (Å²) in [6, 6.07) is -0.138. The highest BCUT2D eigenvalue weighted by atomic mass is 16.3. The van der Waals surface area contributed by atoms with Gasteiger partial charge in [-0.3, -0.25) is 9.59 Å². The van der Waals surface area contributed by atoms with Gasteiger partial charge in [0.1, 0.15) is 11.8 Å². The van der Waals surface area contributed by atoms with Crippen LogP contribution in [0.1, 0.15) is 37.2 Å². The zero-order chi connectivity index (χ0) is 15.1. The van der Waals surface area contributed by atoms with E-state index in [9.17, 15) is 14.7 Å². The first kappa shape index (κ1) is 16.2. The van der Waals surface area contributed by atoms with Gasteiger partial charge in [-0.1, -0.05) is 0 Å². The van der Waals surface area contributed by atoms with Crippen LogP contribution in [-0.4, -0.2) is 45.2 Å². The summed E-state index contributed by atoms with van der Waals surface area (Å²) in [5.74, 6) is -0.595. The van der Waals surface area contributed by atoms with Crippen LogP contribution >= 0.6 is 0 Å². The van der Waals surface area contributed by atoms with Crippen LogP contribution in [0.3, 0.4) is 0 Å². The minimum absolute atomic E-state index is 0.138. The summed E-state index contributed by atoms with van der Waals surface area (Å²) in [5.41, 5.74) is 0.473. The first-order valence-electron chi connectivity index (χ1n) is 6.68. The zero-order valence-electron chi connectivity index (χ0n) is 12.1. The number of nitrogens with zero attached hydrogens (tertiary/aromatic N) is 2. The maximum Gasteiger partial charge on any atom is 0.269 e. The number of imidazole rings is 1. The normalized spacial score (nSPS) is 13.6. The standard InChI is InChI=1S/C13H22N4O3/c1-4-15-13(20)11(18)6-5-9(2)16-12(19)10-7-14-8-17(10)3/h7-9,11,18H,4-6H2,1-3H3,(H,15,20)(H,16,19). The van der Waals surface area contributed by atoms with E-state index in [0.717, 1.165) is 0 Å². The molecule has 1 aromatic heterocycles. The van der Waals surface area contributed by atoms with Gasteiger partial charge in [0.2, 0.25) is 5.91 Å². The number of amides is 2. The number of rotatable bonds is 7. The number of hydrogen-bond acceptors (Lipinski definition) is 4. The topological polar surface area (TPSA) is 96.2 Å². The maximum absolute atomic E-state index is 11.9. The highest BCUT2D eigenvalue weighted by Gasteiger charge is 2.17. The second kappa shape index (κ2) is 7.64. The molecule has 2 unspecified atom stereocenters. The van der Waals surface area contributed by atoms with Crippen LogP contribution in [0.5, 0.6) is 0 Å². The van der Waals surface area contributed by atoms with Crippen molar-refractivity contribution in [1.82, 2.24) is 20.2 Å². The molecule has 0 radical (unpaired) electrons. The average molecular weight is 282 g/mol. The summed E-state index contributed by atoms with van der Waals surface area (Å²) in [6.07, 6.45) is 2.83. The van der Waals surface area contributed by atoms with Gasteiger partial charge in [0.15, 0.2) is 0 Å². The smallest absolute Gasteiger partial charge is 0.269 e. The van der Waals surface area contributed by atoms with Crippen LogP contribution in [0.15, 0.2) is 12.5 Å². The molecule has 0 aromatic carbocycles. The van der Waals surface area contributed by atoms with E-state index in [2.05, 4.69) is 15.6 Å². The van der Waals surface area contributed by atoms with Gasteiger partial charge in [-0.2, -0.15) is 0 Å². The van der Waals surface area contributed by atoms with Gasteiger partial charge in [-0.15, -0.1) is 0 Å². The molecule has 2 atom stereocenters. The average Bonchev–Trinajstić information content (AvgIpc) is 2.82. The molecule has 1 heterocycles. The first-order chi connectivity index (χ1) is 9.45. The molecule has 0 bridgehead atoms. The van der Waals surface area contributed by atoms with Crippen molar-refractivity contribution in [2.75, 3.05) is 6.54 Å². The van der Waals surface area contributed by atoms with Crippen molar-refractivity contribution >= 4 is 11.8 Å². The molecule has 112 valence electrons. The Hall–Kier alpha value is -1.89. The van der Waals surface area contributed by atoms with Gasteiger partial charge in [0.05, 0.1) is 12.5 Å². The molecule has 7 nitrogen and oxygen atoms in total. The Morgan fingerprint density at radius 1 is 1.45 bits per heavy atom. The van der Waals surface area contributed by atoms with Gasteiger partial charge in [-0.05, 0) is 26.7 Å². The Morgan fingerprint density at radius 2 is 2.15 bits per heavy atom. The fourth-order valence-electron chi connectivity index (χ4n) is 1.78. The molecule has 0 saturated carbocycles. The number of aryl methyl sites for hydroxylation is 1. The molecule has 20 heavy (non-hydrogen) atoms. The Morgan fingerprint density at radius 3 is 2.70 bits per heavy atom. The molecule has 0 aliphatic heterocycles. The third kappa shape index (κ3) is 4.65. The van der Waals surface area contributed by atoms with Crippen LogP contribution in [0.4, 0.5) is 0 Å². The van der Waals surface area contributed by atoms with E-state index < -0.39 is 6.10 Å². The SMILES string of the molecule is CCNC(=O)C(O)CCC(C)NC(=O)c1cncn1C. The quantitative estimate of drug-likeness (QED) is 0.646. The van der Waals surface area contributed by atoms with Gasteiger partial charge in [0, 0.05) is 19.6 Å². The first-order valence-corrected chi connectivity index (χ1v) is 6.68. The minimum atomic E-state index is -1.04. The molecule has 3 N–H and O–H groups in total. The van der Waals surface area contributed by atoms with Crippen LogP contribution < -0.4 is 10.6 Å². The lowest BCUT2D eigenvalue weighted by Gasteiger charge is -2.16. The van der Waals surface area contributed by atoms with Gasteiger partial charge in [-0.25, -0.2) is 4.98 Å². The summed E-state index contributed by atoms with van der Waals surface area (Å²) < 4.78 is 1.63. The fourth-order valence-corrected chi connectivity index (χ4v) is 1.78. The third-order valence-corrected chi connectivity index (χ3v) is 2.95. The summed E-state index contributed by atoms with van der Waals surface area (Å²) in [4.78, 5) is 27.1. The summed E-state index contributed by atoms with van der Waals surface area (Å²) >= 11 is 0. The number of nitrogens with one attached hydrogen (secondary N) is 2. The van der Waals surface area contributed by atoms with Crippen LogP contribution in [-0.2, 0) is 11.8 Å². The largest absolute Gasteiger partial charge is 0.383 e. The number of aliphatic hydroxyl groups is 1. The molecular weight excluding hydrogens is 260 g/mol. The number of carbonyl (C=O) groups is 2. The van der Waals surface area contributed by atoms with E-state index in [1.165, 1.54) is 6.20 Å². The molecular formula is C13H22N4O3. The lowest BCUT2D eigenvalue weighted by Crippen LogP contribution is -2.37. The van der Waals surface area contributed by atoms with Gasteiger partial charge in [0.25, 0.3) is 5.91 Å². The van der Waals surface area contributed by atoms with E-state index in [1.807, 2.05) is 6.92 Å². The summed E-state index contributed by atoms with van der Waals surface area (Å²) in [7, 11) is 1.74. The summed E-state index contributed by atoms with van der Waals surface area (Å²) in [5, 5.41) is 15.0. The third-order valence-electron chi connectivity index (χ3n) is 2.95. The van der Waals surface area contributed by atoms with E-state index in [-0.39, 0.29) is 17.9 Å². The van der Waals surface area contributed by atoms with E-state index >= 15 is 0 Å². The highest BCUT2D eigenvalue weighted by molar-refractivity contribution is 5.92. The molecule has 7 heteroatoms. The second-order valence-corrected chi connectivity index (χ2v) is 4.75. The molecule has 1 aromatic rings. The molecule has 0 aliphatic carbocycles. The van der Waals surface area contributed by atoms with Gasteiger partial charge >= 0.3 is 0 Å². The minimum Gasteiger partial charge on any atom is -0.383 e. The number of aromatic nitrogens is 2. The van der Waals surface area contributed by atoms with Crippen LogP contribution in [0, 0.1) is 0 Å². The lowest BCUT2D eigenvalue weighted by molar-refractivity contribution is -0.129.